The lowest BCUT2D eigenvalue weighted by Crippen LogP contribution is -2.00. The summed E-state index contributed by atoms with van der Waals surface area (Å²) in [6, 6.07) is 21.8. The van der Waals surface area contributed by atoms with Crippen LogP contribution in [0.15, 0.2) is 72.9 Å². The monoisotopic (exact) mass is 414 g/mol. The van der Waals surface area contributed by atoms with E-state index in [1.807, 2.05) is 30.3 Å². The SMILES string of the molecule is Clc1cccc(Cn2cc(CNc3ccc(Cl)cc3Cl)c3ccccc32)c1. The van der Waals surface area contributed by atoms with Crippen molar-refractivity contribution in [3.05, 3.63) is 99.1 Å². The van der Waals surface area contributed by atoms with Gasteiger partial charge in [-0.25, -0.2) is 0 Å². The van der Waals surface area contributed by atoms with Gasteiger partial charge in [-0.2, -0.15) is 0 Å². The first kappa shape index (κ1) is 18.2. The molecule has 0 spiro atoms. The number of aromatic nitrogens is 1. The molecule has 0 atom stereocenters. The number of hydrogen-bond donors (Lipinski definition) is 1. The lowest BCUT2D eigenvalue weighted by molar-refractivity contribution is 0.831. The molecule has 0 aliphatic carbocycles. The second-order valence-electron chi connectivity index (χ2n) is 6.41. The summed E-state index contributed by atoms with van der Waals surface area (Å²) in [4.78, 5) is 0. The van der Waals surface area contributed by atoms with E-state index in [4.69, 9.17) is 34.8 Å². The zero-order chi connectivity index (χ0) is 18.8. The first-order chi connectivity index (χ1) is 13.1. The molecular formula is C22H17Cl3N2. The number of benzene rings is 3. The molecule has 0 aliphatic rings. The smallest absolute Gasteiger partial charge is 0.0652 e. The minimum atomic E-state index is 0.616. The van der Waals surface area contributed by atoms with E-state index in [-0.39, 0.29) is 0 Å². The number of fused-ring (bicyclic) bond motifs is 1. The van der Waals surface area contributed by atoms with Gasteiger partial charge in [0, 0.05) is 40.2 Å². The predicted octanol–water partition coefficient (Wildman–Crippen LogP) is 7.26. The number of nitrogens with one attached hydrogen (secondary N) is 1. The molecule has 0 bridgehead atoms. The molecule has 27 heavy (non-hydrogen) atoms. The Morgan fingerprint density at radius 2 is 1.63 bits per heavy atom. The summed E-state index contributed by atoms with van der Waals surface area (Å²) in [7, 11) is 0. The minimum absolute atomic E-state index is 0.616. The Hall–Kier alpha value is -2.13. The molecule has 1 heterocycles. The first-order valence-electron chi connectivity index (χ1n) is 8.60. The molecule has 0 radical (unpaired) electrons. The van der Waals surface area contributed by atoms with Crippen molar-refractivity contribution >= 4 is 51.4 Å². The number of nitrogens with zero attached hydrogens (tertiary/aromatic N) is 1. The Bertz CT molecular complexity index is 1100. The maximum Gasteiger partial charge on any atom is 0.0652 e. The predicted molar refractivity (Wildman–Crippen MR) is 116 cm³/mol. The van der Waals surface area contributed by atoms with Gasteiger partial charge in [-0.05, 0) is 47.5 Å². The van der Waals surface area contributed by atoms with E-state index in [0.29, 0.717) is 16.6 Å². The zero-order valence-corrected chi connectivity index (χ0v) is 16.7. The van der Waals surface area contributed by atoms with Gasteiger partial charge >= 0.3 is 0 Å². The van der Waals surface area contributed by atoms with Gasteiger partial charge in [0.1, 0.15) is 0 Å². The third-order valence-electron chi connectivity index (χ3n) is 4.51. The summed E-state index contributed by atoms with van der Waals surface area (Å²) in [6.07, 6.45) is 2.18. The molecule has 1 aromatic heterocycles. The highest BCUT2D eigenvalue weighted by atomic mass is 35.5. The highest BCUT2D eigenvalue weighted by Crippen LogP contribution is 2.28. The molecular weight excluding hydrogens is 399 g/mol. The Labute approximate surface area is 173 Å². The van der Waals surface area contributed by atoms with E-state index in [9.17, 15) is 0 Å². The molecule has 3 aromatic carbocycles. The molecule has 2 nitrogen and oxygen atoms in total. The van der Waals surface area contributed by atoms with E-state index in [1.54, 1.807) is 6.07 Å². The van der Waals surface area contributed by atoms with Crippen LogP contribution in [0.4, 0.5) is 5.69 Å². The molecule has 5 heteroatoms. The second-order valence-corrected chi connectivity index (χ2v) is 7.69. The van der Waals surface area contributed by atoms with Crippen LogP contribution < -0.4 is 5.32 Å². The van der Waals surface area contributed by atoms with Crippen LogP contribution in [-0.2, 0) is 13.1 Å². The summed E-state index contributed by atoms with van der Waals surface area (Å²) in [5, 5.41) is 6.63. The number of para-hydroxylation sites is 1. The van der Waals surface area contributed by atoms with Crippen LogP contribution in [0.3, 0.4) is 0 Å². The van der Waals surface area contributed by atoms with Gasteiger partial charge in [-0.1, -0.05) is 65.1 Å². The van der Waals surface area contributed by atoms with Crippen LogP contribution in [0, 0.1) is 0 Å². The number of anilines is 1. The van der Waals surface area contributed by atoms with Gasteiger partial charge in [0.05, 0.1) is 10.7 Å². The van der Waals surface area contributed by atoms with Gasteiger partial charge in [0.15, 0.2) is 0 Å². The first-order valence-corrected chi connectivity index (χ1v) is 9.73. The molecule has 4 rings (SSSR count). The van der Waals surface area contributed by atoms with E-state index in [0.717, 1.165) is 17.3 Å². The molecule has 1 N–H and O–H groups in total. The summed E-state index contributed by atoms with van der Waals surface area (Å²) in [5.74, 6) is 0. The van der Waals surface area contributed by atoms with Crippen molar-refractivity contribution in [1.82, 2.24) is 4.57 Å². The Kier molecular flexibility index (Phi) is 5.31. The summed E-state index contributed by atoms with van der Waals surface area (Å²) >= 11 is 18.4. The van der Waals surface area contributed by atoms with Gasteiger partial charge in [0.2, 0.25) is 0 Å². The fourth-order valence-corrected chi connectivity index (χ4v) is 3.94. The van der Waals surface area contributed by atoms with Crippen LogP contribution in [0.5, 0.6) is 0 Å². The molecule has 0 unspecified atom stereocenters. The Balaban J connectivity index is 1.63. The van der Waals surface area contributed by atoms with Crippen LogP contribution in [0.1, 0.15) is 11.1 Å². The Morgan fingerprint density at radius 1 is 0.815 bits per heavy atom. The maximum atomic E-state index is 6.28. The topological polar surface area (TPSA) is 17.0 Å². The van der Waals surface area contributed by atoms with Crippen LogP contribution >= 0.6 is 34.8 Å². The third-order valence-corrected chi connectivity index (χ3v) is 5.30. The standard InChI is InChI=1S/C22H17Cl3N2/c23-17-5-3-4-15(10-17)13-27-14-16(19-6-1-2-7-22(19)27)12-26-21-9-8-18(24)11-20(21)25/h1-11,14,26H,12-13H2. The lowest BCUT2D eigenvalue weighted by atomic mass is 10.1. The van der Waals surface area contributed by atoms with Gasteiger partial charge in [-0.15, -0.1) is 0 Å². The minimum Gasteiger partial charge on any atom is -0.380 e. The fourth-order valence-electron chi connectivity index (χ4n) is 3.25. The van der Waals surface area contributed by atoms with Crippen molar-refractivity contribution in [3.8, 4) is 0 Å². The molecule has 0 saturated heterocycles. The molecule has 136 valence electrons. The van der Waals surface area contributed by atoms with E-state index in [2.05, 4.69) is 46.4 Å². The van der Waals surface area contributed by atoms with E-state index in [1.165, 1.54) is 22.0 Å². The highest BCUT2D eigenvalue weighted by molar-refractivity contribution is 6.36. The zero-order valence-electron chi connectivity index (χ0n) is 14.4. The largest absolute Gasteiger partial charge is 0.380 e. The van der Waals surface area contributed by atoms with Crippen molar-refractivity contribution in [1.29, 1.82) is 0 Å². The molecule has 0 fully saturated rings. The number of rotatable bonds is 5. The average Bonchev–Trinajstić information content (AvgIpc) is 2.99. The van der Waals surface area contributed by atoms with E-state index < -0.39 is 0 Å². The van der Waals surface area contributed by atoms with Crippen LogP contribution in [-0.4, -0.2) is 4.57 Å². The summed E-state index contributed by atoms with van der Waals surface area (Å²) in [6.45, 7) is 1.44. The van der Waals surface area contributed by atoms with E-state index >= 15 is 0 Å². The lowest BCUT2D eigenvalue weighted by Gasteiger charge is -2.08. The summed E-state index contributed by atoms with van der Waals surface area (Å²) < 4.78 is 2.25. The van der Waals surface area contributed by atoms with Gasteiger partial charge in [-0.3, -0.25) is 0 Å². The normalized spacial score (nSPS) is 11.1. The van der Waals surface area contributed by atoms with Gasteiger partial charge < -0.3 is 9.88 Å². The Morgan fingerprint density at radius 3 is 2.44 bits per heavy atom. The number of halogens is 3. The van der Waals surface area contributed by atoms with Crippen molar-refractivity contribution < 1.29 is 0 Å². The molecule has 4 aromatic rings. The maximum absolute atomic E-state index is 6.28. The van der Waals surface area contributed by atoms with Crippen molar-refractivity contribution in [3.63, 3.8) is 0 Å². The van der Waals surface area contributed by atoms with Crippen LogP contribution in [0.2, 0.25) is 15.1 Å². The van der Waals surface area contributed by atoms with Gasteiger partial charge in [0.25, 0.3) is 0 Å². The van der Waals surface area contributed by atoms with Crippen LogP contribution in [0.25, 0.3) is 10.9 Å². The molecule has 0 amide bonds. The number of hydrogen-bond acceptors (Lipinski definition) is 1. The van der Waals surface area contributed by atoms with Crippen molar-refractivity contribution in [2.75, 3.05) is 5.32 Å². The van der Waals surface area contributed by atoms with Crippen molar-refractivity contribution in [2.45, 2.75) is 13.1 Å². The quantitative estimate of drug-likeness (QED) is 0.363. The average molecular weight is 416 g/mol. The molecule has 0 aliphatic heterocycles. The van der Waals surface area contributed by atoms with Crippen molar-refractivity contribution in [2.24, 2.45) is 0 Å². The molecule has 0 saturated carbocycles. The third kappa shape index (κ3) is 4.08. The fraction of sp³-hybridized carbons (Fsp3) is 0.0909. The highest BCUT2D eigenvalue weighted by Gasteiger charge is 2.10. The second kappa shape index (κ2) is 7.85. The summed E-state index contributed by atoms with van der Waals surface area (Å²) in [5.41, 5.74) is 4.44.